The maximum Gasteiger partial charge on any atom is 0.332 e. The maximum atomic E-state index is 13.3. The molecule has 0 aliphatic heterocycles. The van der Waals surface area contributed by atoms with Crippen molar-refractivity contribution in [3.63, 3.8) is 0 Å². The predicted molar refractivity (Wildman–Crippen MR) is 116 cm³/mol. The molecule has 10 heteroatoms. The number of nitrogens with zero attached hydrogens (tertiary/aromatic N) is 5. The van der Waals surface area contributed by atoms with E-state index in [1.54, 1.807) is 34.9 Å². The number of rotatable bonds is 6. The number of para-hydroxylation sites is 1. The van der Waals surface area contributed by atoms with Gasteiger partial charge in [0.25, 0.3) is 5.56 Å². The summed E-state index contributed by atoms with van der Waals surface area (Å²) < 4.78 is 4.02. The molecule has 0 radical (unpaired) electrons. The van der Waals surface area contributed by atoms with Gasteiger partial charge in [-0.25, -0.2) is 9.78 Å². The highest BCUT2D eigenvalue weighted by atomic mass is 35.5. The number of aliphatic hydroxyl groups excluding tert-OH is 1. The average molecular weight is 442 g/mol. The van der Waals surface area contributed by atoms with Gasteiger partial charge in [0, 0.05) is 26.4 Å². The number of imidazole rings is 1. The summed E-state index contributed by atoms with van der Waals surface area (Å²) >= 11 is 5.94. The Morgan fingerprint density at radius 2 is 1.87 bits per heavy atom. The van der Waals surface area contributed by atoms with Gasteiger partial charge >= 0.3 is 5.69 Å². The first-order chi connectivity index (χ1) is 14.9. The second kappa shape index (κ2) is 8.37. The number of phenolic OH excluding ortho intramolecular Hbond substituents is 1. The molecular weight excluding hydrogens is 422 g/mol. The first kappa shape index (κ1) is 20.8. The third-order valence-corrected chi connectivity index (χ3v) is 5.25. The van der Waals surface area contributed by atoms with Crippen LogP contribution in [0.25, 0.3) is 22.6 Å². The Balaban J connectivity index is 2.04. The average Bonchev–Trinajstić information content (AvgIpc) is 3.13. The first-order valence-electron chi connectivity index (χ1n) is 9.62. The number of hydrogen-bond donors (Lipinski definition) is 2. The van der Waals surface area contributed by atoms with Crippen molar-refractivity contribution in [1.82, 2.24) is 23.7 Å². The van der Waals surface area contributed by atoms with Gasteiger partial charge in [-0.2, -0.15) is 0 Å². The lowest BCUT2D eigenvalue weighted by Crippen LogP contribution is -2.40. The topological polar surface area (TPSA) is 115 Å². The number of aliphatic hydroxyl groups is 1. The van der Waals surface area contributed by atoms with Crippen molar-refractivity contribution in [2.24, 2.45) is 7.05 Å². The fraction of sp³-hybridized carbons (Fsp3) is 0.238. The smallest absolute Gasteiger partial charge is 0.332 e. The molecular formula is C21H20ClN5O4. The predicted octanol–water partition coefficient (Wildman–Crippen LogP) is 1.75. The normalized spacial score (nSPS) is 11.3. The molecule has 3 aromatic heterocycles. The minimum Gasteiger partial charge on any atom is -0.507 e. The number of halogens is 1. The van der Waals surface area contributed by atoms with Gasteiger partial charge in [-0.05, 0) is 30.7 Å². The number of phenols is 1. The Morgan fingerprint density at radius 3 is 2.55 bits per heavy atom. The molecule has 9 nitrogen and oxygen atoms in total. The van der Waals surface area contributed by atoms with Gasteiger partial charge in [-0.1, -0.05) is 23.7 Å². The number of hydrogen-bond acceptors (Lipinski definition) is 6. The van der Waals surface area contributed by atoms with Crippen LogP contribution in [0.1, 0.15) is 12.1 Å². The number of aromatic nitrogens is 5. The Bertz CT molecular complexity index is 1370. The molecule has 0 unspecified atom stereocenters. The first-order valence-corrected chi connectivity index (χ1v) is 10.00. The summed E-state index contributed by atoms with van der Waals surface area (Å²) in [5, 5.41) is 20.1. The van der Waals surface area contributed by atoms with E-state index >= 15 is 0 Å². The van der Waals surface area contributed by atoms with Crippen molar-refractivity contribution < 1.29 is 10.2 Å². The fourth-order valence-electron chi connectivity index (χ4n) is 3.48. The van der Waals surface area contributed by atoms with Crippen molar-refractivity contribution >= 4 is 22.8 Å². The highest BCUT2D eigenvalue weighted by Crippen LogP contribution is 2.30. The van der Waals surface area contributed by atoms with Crippen LogP contribution < -0.4 is 11.2 Å². The lowest BCUT2D eigenvalue weighted by atomic mass is 10.2. The van der Waals surface area contributed by atoms with Crippen molar-refractivity contribution in [3.05, 3.63) is 74.1 Å². The summed E-state index contributed by atoms with van der Waals surface area (Å²) in [6, 6.07) is 10.1. The van der Waals surface area contributed by atoms with Crippen LogP contribution in [-0.4, -0.2) is 40.5 Å². The van der Waals surface area contributed by atoms with Gasteiger partial charge in [-0.15, -0.1) is 0 Å². The molecule has 0 fully saturated rings. The molecule has 1 aromatic carbocycles. The molecule has 0 atom stereocenters. The van der Waals surface area contributed by atoms with E-state index in [9.17, 15) is 14.7 Å². The molecule has 4 rings (SSSR count). The molecule has 0 saturated carbocycles. The summed E-state index contributed by atoms with van der Waals surface area (Å²) in [5.41, 5.74) is 0.396. The van der Waals surface area contributed by atoms with Crippen LogP contribution in [-0.2, 0) is 20.1 Å². The van der Waals surface area contributed by atoms with Crippen molar-refractivity contribution in [2.75, 3.05) is 6.61 Å². The van der Waals surface area contributed by atoms with Crippen LogP contribution in [0.4, 0.5) is 0 Å². The van der Waals surface area contributed by atoms with Crippen LogP contribution in [0.3, 0.4) is 0 Å². The zero-order valence-electron chi connectivity index (χ0n) is 16.7. The minimum absolute atomic E-state index is 0.00581. The largest absolute Gasteiger partial charge is 0.507 e. The zero-order valence-corrected chi connectivity index (χ0v) is 17.5. The van der Waals surface area contributed by atoms with Crippen LogP contribution in [0, 0.1) is 0 Å². The molecule has 0 saturated heterocycles. The van der Waals surface area contributed by atoms with Crippen molar-refractivity contribution in [1.29, 1.82) is 0 Å². The van der Waals surface area contributed by atoms with Crippen LogP contribution in [0.5, 0.6) is 5.75 Å². The molecule has 0 aliphatic carbocycles. The molecule has 3 heterocycles. The molecule has 4 aromatic rings. The maximum absolute atomic E-state index is 13.3. The molecule has 0 spiro atoms. The number of pyridine rings is 1. The Labute approximate surface area is 181 Å². The Kier molecular flexibility index (Phi) is 5.62. The van der Waals surface area contributed by atoms with E-state index in [-0.39, 0.29) is 43.0 Å². The highest BCUT2D eigenvalue weighted by molar-refractivity contribution is 6.30. The van der Waals surface area contributed by atoms with Crippen LogP contribution in [0.15, 0.2) is 52.2 Å². The monoisotopic (exact) mass is 441 g/mol. The molecule has 0 bridgehead atoms. The summed E-state index contributed by atoms with van der Waals surface area (Å²) in [7, 11) is 1.53. The lowest BCUT2D eigenvalue weighted by Gasteiger charge is -2.11. The fourth-order valence-corrected chi connectivity index (χ4v) is 3.59. The molecule has 0 aliphatic rings. The summed E-state index contributed by atoms with van der Waals surface area (Å²) in [6.45, 7) is 0.101. The van der Waals surface area contributed by atoms with E-state index in [1.807, 2.05) is 0 Å². The summed E-state index contributed by atoms with van der Waals surface area (Å²) in [6.07, 6.45) is 1.77. The van der Waals surface area contributed by atoms with E-state index < -0.39 is 11.2 Å². The van der Waals surface area contributed by atoms with E-state index in [1.165, 1.54) is 23.9 Å². The number of fused-ring (bicyclic) bond motifs is 1. The van der Waals surface area contributed by atoms with E-state index in [0.717, 1.165) is 4.57 Å². The van der Waals surface area contributed by atoms with Gasteiger partial charge in [0.15, 0.2) is 11.2 Å². The van der Waals surface area contributed by atoms with Gasteiger partial charge < -0.3 is 14.8 Å². The summed E-state index contributed by atoms with van der Waals surface area (Å²) in [4.78, 5) is 34.9. The zero-order chi connectivity index (χ0) is 22.1. The molecule has 160 valence electrons. The van der Waals surface area contributed by atoms with Crippen LogP contribution in [0.2, 0.25) is 5.02 Å². The van der Waals surface area contributed by atoms with E-state index in [4.69, 9.17) is 16.7 Å². The minimum atomic E-state index is -0.524. The molecule has 0 amide bonds. The highest BCUT2D eigenvalue weighted by Gasteiger charge is 2.22. The molecule has 31 heavy (non-hydrogen) atoms. The Hall–Kier alpha value is -3.43. The molecule has 2 N–H and O–H groups in total. The summed E-state index contributed by atoms with van der Waals surface area (Å²) in [5.74, 6) is 0.325. The van der Waals surface area contributed by atoms with E-state index in [2.05, 4.69) is 9.97 Å². The third kappa shape index (κ3) is 3.73. The Morgan fingerprint density at radius 1 is 1.10 bits per heavy atom. The van der Waals surface area contributed by atoms with Gasteiger partial charge in [-0.3, -0.25) is 18.9 Å². The SMILES string of the molecule is Cn1c(=O)n(CCCO)c(=O)c2c1nc(-c1ccccc1O)n2Cc1ccc(Cl)cn1. The number of benzene rings is 1. The second-order valence-corrected chi connectivity index (χ2v) is 7.49. The van der Waals surface area contributed by atoms with Gasteiger partial charge in [0.1, 0.15) is 11.6 Å². The van der Waals surface area contributed by atoms with Gasteiger partial charge in [0.2, 0.25) is 0 Å². The van der Waals surface area contributed by atoms with Crippen LogP contribution >= 0.6 is 11.6 Å². The van der Waals surface area contributed by atoms with Gasteiger partial charge in [0.05, 0.1) is 22.8 Å². The standard InChI is InChI=1S/C21H20ClN5O4/c1-25-19-17(20(30)26(21(25)31)9-4-10-28)27(12-14-8-7-13(22)11-23-14)18(24-19)15-5-2-3-6-16(15)29/h2-3,5-8,11,28-29H,4,9-10,12H2,1H3. The number of aromatic hydroxyl groups is 1. The quantitative estimate of drug-likeness (QED) is 0.471. The van der Waals surface area contributed by atoms with Crippen molar-refractivity contribution in [2.45, 2.75) is 19.5 Å². The van der Waals surface area contributed by atoms with Crippen molar-refractivity contribution in [3.8, 4) is 17.1 Å². The third-order valence-electron chi connectivity index (χ3n) is 5.03. The number of aryl methyl sites for hydroxylation is 1. The van der Waals surface area contributed by atoms with E-state index in [0.29, 0.717) is 22.1 Å². The second-order valence-electron chi connectivity index (χ2n) is 7.05. The lowest BCUT2D eigenvalue weighted by molar-refractivity contribution is 0.277.